The molecule has 4 heterocycles. The number of hydrogen-bond acceptors (Lipinski definition) is 17. The van der Waals surface area contributed by atoms with E-state index in [1.54, 1.807) is 27.9 Å². The summed E-state index contributed by atoms with van der Waals surface area (Å²) in [5, 5.41) is 13.0. The van der Waals surface area contributed by atoms with E-state index >= 15 is 0 Å². The average Bonchev–Trinajstić information content (AvgIpc) is 3.86. The van der Waals surface area contributed by atoms with E-state index in [9.17, 15) is 19.5 Å². The minimum atomic E-state index is -1.56. The molecule has 1 aliphatic carbocycles. The summed E-state index contributed by atoms with van der Waals surface area (Å²) in [6.45, 7) is 20.4. The summed E-state index contributed by atoms with van der Waals surface area (Å²) in [6, 6.07) is -0.189. The van der Waals surface area contributed by atoms with Crippen LogP contribution in [0.3, 0.4) is 0 Å². The van der Waals surface area contributed by atoms with E-state index in [4.69, 9.17) is 47.4 Å². The minimum Gasteiger partial charge on any atom is -0.459 e. The average molecular weight is 900 g/mol. The van der Waals surface area contributed by atoms with Crippen molar-refractivity contribution in [3.63, 3.8) is 0 Å². The molecule has 2 bridgehead atoms. The fraction of sp³-hybridized carbons (Fsp3) is 0.935. The number of esters is 3. The first kappa shape index (κ1) is 51.9. The Morgan fingerprint density at radius 2 is 1.52 bits per heavy atom. The number of carbonyl (C=O) groups excluding carboxylic acids is 3. The van der Waals surface area contributed by atoms with Gasteiger partial charge in [-0.1, -0.05) is 20.8 Å². The number of likely N-dealkylation sites (N-methyl/N-ethyl adjacent to an activating group) is 2. The molecular formula is C46H81N3O14. The van der Waals surface area contributed by atoms with Gasteiger partial charge in [0.2, 0.25) is 6.41 Å². The molecule has 4 aliphatic heterocycles. The predicted octanol–water partition coefficient (Wildman–Crippen LogP) is 4.09. The molecule has 1 N–H and O–H groups in total. The van der Waals surface area contributed by atoms with Gasteiger partial charge < -0.3 is 62.3 Å². The highest BCUT2D eigenvalue weighted by molar-refractivity contribution is 5.73. The summed E-state index contributed by atoms with van der Waals surface area (Å²) in [7, 11) is 11.3. The molecule has 5 aliphatic rings. The highest BCUT2D eigenvalue weighted by Gasteiger charge is 2.66. The summed E-state index contributed by atoms with van der Waals surface area (Å²) in [5.41, 5.74) is -4.01. The summed E-state index contributed by atoms with van der Waals surface area (Å²) in [4.78, 5) is 45.9. The second-order valence-corrected chi connectivity index (χ2v) is 20.7. The Bertz CT molecular complexity index is 1590. The fourth-order valence-electron chi connectivity index (χ4n) is 11.2. The lowest BCUT2D eigenvalue weighted by molar-refractivity contribution is -0.349. The Morgan fingerprint density at radius 3 is 2.10 bits per heavy atom. The lowest BCUT2D eigenvalue weighted by atomic mass is 9.77. The molecule has 1 spiro atoms. The number of cyclic esters (lactones) is 1. The Kier molecular flexibility index (Phi) is 16.5. The quantitative estimate of drug-likeness (QED) is 0.245. The Hall–Kier alpha value is -2.03. The normalized spacial score (nSPS) is 46.8. The molecule has 364 valence electrons. The van der Waals surface area contributed by atoms with Crippen molar-refractivity contribution in [2.75, 3.05) is 48.9 Å². The lowest BCUT2D eigenvalue weighted by Gasteiger charge is -2.50. The molecule has 5 rings (SSSR count). The van der Waals surface area contributed by atoms with E-state index in [0.717, 1.165) is 6.42 Å². The second-order valence-electron chi connectivity index (χ2n) is 20.7. The van der Waals surface area contributed by atoms with Gasteiger partial charge in [-0.05, 0) is 108 Å². The van der Waals surface area contributed by atoms with Crippen LogP contribution < -0.4 is 0 Å². The first-order valence-electron chi connectivity index (χ1n) is 23.0. The number of rotatable bonds is 10. The van der Waals surface area contributed by atoms with Crippen LogP contribution in [0.5, 0.6) is 0 Å². The van der Waals surface area contributed by atoms with Crippen LogP contribution in [0, 0.1) is 17.8 Å². The smallest absolute Gasteiger partial charge is 0.311 e. The number of hydrogen-bond donors (Lipinski definition) is 1. The van der Waals surface area contributed by atoms with E-state index in [-0.39, 0.29) is 36.9 Å². The number of aliphatic hydroxyl groups is 1. The number of nitrogens with zero attached hydrogens (tertiary/aromatic N) is 3. The number of ether oxygens (including phenoxy) is 10. The SMILES string of the molecule is CC[C@H]1OC(=O)[C@H](C)[C@@H](O[C@H]2C[C@@](C)(OC)[C@@H](OC(C)=O)[C@H](C)O2)[C@H](C)[C@@H](O[C@@H]2O[C@H](C)C[C@H](N(C)C)[C@H]2OC(C)=O)[C@](C)(O)C[C@@H](C)CN(C)[C@@H]2C[C@]23C[C@]1(C)OC(N(C)C)O3. The maximum Gasteiger partial charge on any atom is 0.311 e. The van der Waals surface area contributed by atoms with Gasteiger partial charge in [-0.25, -0.2) is 0 Å². The van der Waals surface area contributed by atoms with Crippen molar-refractivity contribution >= 4 is 17.9 Å². The van der Waals surface area contributed by atoms with Gasteiger partial charge in [0.1, 0.15) is 17.3 Å². The highest BCUT2D eigenvalue weighted by Crippen LogP contribution is 2.55. The summed E-state index contributed by atoms with van der Waals surface area (Å²) in [5.74, 6) is -3.25. The molecule has 17 nitrogen and oxygen atoms in total. The van der Waals surface area contributed by atoms with Crippen molar-refractivity contribution in [2.45, 2.75) is 211 Å². The van der Waals surface area contributed by atoms with Gasteiger partial charge >= 0.3 is 17.9 Å². The van der Waals surface area contributed by atoms with E-state index in [2.05, 4.69) is 18.9 Å². The Balaban J connectivity index is 1.62. The van der Waals surface area contributed by atoms with Crippen LogP contribution in [0.2, 0.25) is 0 Å². The summed E-state index contributed by atoms with van der Waals surface area (Å²) in [6.07, 6.45) is -5.17. The molecule has 17 heteroatoms. The van der Waals surface area contributed by atoms with E-state index in [1.165, 1.54) is 13.8 Å². The van der Waals surface area contributed by atoms with Gasteiger partial charge in [-0.15, -0.1) is 0 Å². The van der Waals surface area contributed by atoms with Crippen LogP contribution in [-0.4, -0.2) is 183 Å². The number of carbonyl (C=O) groups is 3. The van der Waals surface area contributed by atoms with Crippen molar-refractivity contribution < 1.29 is 66.9 Å². The topological polar surface area (TPSA) is 173 Å². The molecule has 0 aromatic heterocycles. The standard InChI is InChI=1S/C46H81N3O14/c1-18-34-45(11)24-46(63-42(62-45)48(14)15)21-33(46)49(16)23-25(2)20-43(9,53)38(61-41-37(57-30(7)50)32(47(12)13)19-26(3)55-41)27(4)36(28(5)40(52)59-34)60-35-22-44(10,54-17)39(29(6)56-35)58-31(8)51/h25-29,32-39,41-42,53H,18-24H2,1-17H3/t25-,26-,27+,28-,29+,32+,33-,34-,35+,36+,37-,38-,39+,41+,42?,43-,44-,45+,46+/m1/s1. The van der Waals surface area contributed by atoms with Crippen LogP contribution in [0.4, 0.5) is 0 Å². The third-order valence-corrected chi connectivity index (χ3v) is 14.3. The fourth-order valence-corrected chi connectivity index (χ4v) is 11.2. The van der Waals surface area contributed by atoms with Gasteiger partial charge in [-0.2, -0.15) is 0 Å². The molecule has 1 saturated carbocycles. The van der Waals surface area contributed by atoms with Crippen molar-refractivity contribution in [1.82, 2.24) is 14.7 Å². The second kappa shape index (κ2) is 20.1. The van der Waals surface area contributed by atoms with Gasteiger partial charge in [0.25, 0.3) is 0 Å². The molecule has 0 aromatic rings. The zero-order valence-electron chi connectivity index (χ0n) is 41.2. The van der Waals surface area contributed by atoms with E-state index in [1.807, 2.05) is 72.6 Å². The zero-order chi connectivity index (χ0) is 47.1. The van der Waals surface area contributed by atoms with Crippen LogP contribution in [0.1, 0.15) is 115 Å². The molecule has 1 unspecified atom stereocenters. The number of fused-ring (bicyclic) bond motifs is 1. The molecule has 63 heavy (non-hydrogen) atoms. The van der Waals surface area contributed by atoms with E-state index < -0.39 is 108 Å². The largest absolute Gasteiger partial charge is 0.459 e. The molecule has 0 aromatic carbocycles. The van der Waals surface area contributed by atoms with Gasteiger partial charge in [-0.3, -0.25) is 19.3 Å². The first-order chi connectivity index (χ1) is 29.2. The lowest BCUT2D eigenvalue weighted by Crippen LogP contribution is -2.62. The van der Waals surface area contributed by atoms with Crippen molar-refractivity contribution in [3.8, 4) is 0 Å². The molecule has 0 radical (unpaired) electrons. The molecule has 5 fully saturated rings. The third kappa shape index (κ3) is 11.6. The Labute approximate surface area is 376 Å². The highest BCUT2D eigenvalue weighted by atomic mass is 16.7. The van der Waals surface area contributed by atoms with Crippen LogP contribution in [0.15, 0.2) is 0 Å². The van der Waals surface area contributed by atoms with Gasteiger partial charge in [0, 0.05) is 52.3 Å². The van der Waals surface area contributed by atoms with Crippen LogP contribution in [-0.2, 0) is 61.8 Å². The molecular weight excluding hydrogens is 819 g/mol. The Morgan fingerprint density at radius 1 is 0.873 bits per heavy atom. The maximum absolute atomic E-state index is 14.9. The van der Waals surface area contributed by atoms with Gasteiger partial charge in [0.05, 0.1) is 47.6 Å². The zero-order valence-corrected chi connectivity index (χ0v) is 41.2. The summed E-state index contributed by atoms with van der Waals surface area (Å²) >= 11 is 0. The van der Waals surface area contributed by atoms with Crippen molar-refractivity contribution in [2.24, 2.45) is 17.8 Å². The van der Waals surface area contributed by atoms with Crippen molar-refractivity contribution in [1.29, 1.82) is 0 Å². The first-order valence-corrected chi connectivity index (χ1v) is 23.0. The summed E-state index contributed by atoms with van der Waals surface area (Å²) < 4.78 is 64.6. The van der Waals surface area contributed by atoms with Crippen LogP contribution in [0.25, 0.3) is 0 Å². The number of methoxy groups -OCH3 is 1. The molecule has 4 saturated heterocycles. The monoisotopic (exact) mass is 900 g/mol. The van der Waals surface area contributed by atoms with Gasteiger partial charge in [0.15, 0.2) is 24.8 Å². The third-order valence-electron chi connectivity index (χ3n) is 14.3. The molecule has 19 atom stereocenters. The van der Waals surface area contributed by atoms with Crippen LogP contribution >= 0.6 is 0 Å². The maximum atomic E-state index is 14.9. The van der Waals surface area contributed by atoms with Crippen molar-refractivity contribution in [3.05, 3.63) is 0 Å². The molecule has 0 amide bonds. The van der Waals surface area contributed by atoms with E-state index in [0.29, 0.717) is 25.8 Å². The minimum absolute atomic E-state index is 0.0528. The predicted molar refractivity (Wildman–Crippen MR) is 231 cm³/mol.